The number of carbonyl (C=O) groups excluding carboxylic acids is 1. The van der Waals surface area contributed by atoms with Crippen LogP contribution in [0.25, 0.3) is 16.9 Å². The molecule has 3 aromatic rings. The van der Waals surface area contributed by atoms with Crippen LogP contribution in [0.2, 0.25) is 0 Å². The molecule has 4 aliphatic carbocycles. The second-order valence-corrected chi connectivity index (χ2v) is 10.8. The molecule has 0 aliphatic heterocycles. The number of aromatic nitrogens is 2. The highest BCUT2D eigenvalue weighted by atomic mass is 16.3. The van der Waals surface area contributed by atoms with E-state index in [2.05, 4.69) is 17.4 Å². The molecule has 7 rings (SSSR count). The van der Waals surface area contributed by atoms with Gasteiger partial charge in [-0.05, 0) is 67.9 Å². The van der Waals surface area contributed by atoms with E-state index >= 15 is 0 Å². The summed E-state index contributed by atoms with van der Waals surface area (Å²) in [5.41, 5.74) is 3.39. The van der Waals surface area contributed by atoms with Crippen molar-refractivity contribution >= 4 is 5.91 Å². The Bertz CT molecular complexity index is 1140. The molecule has 1 heterocycles. The van der Waals surface area contributed by atoms with Crippen molar-refractivity contribution in [2.45, 2.75) is 57.1 Å². The Morgan fingerprint density at radius 2 is 1.67 bits per heavy atom. The monoisotopic (exact) mass is 441 g/mol. The maximum absolute atomic E-state index is 13.1. The van der Waals surface area contributed by atoms with Gasteiger partial charge in [0, 0.05) is 30.3 Å². The lowest BCUT2D eigenvalue weighted by atomic mass is 9.47. The van der Waals surface area contributed by atoms with Crippen LogP contribution < -0.4 is 5.32 Å². The maximum atomic E-state index is 13.1. The average Bonchev–Trinajstić information content (AvgIpc) is 3.21. The Morgan fingerprint density at radius 3 is 2.33 bits per heavy atom. The first-order valence-corrected chi connectivity index (χ1v) is 12.2. The zero-order valence-corrected chi connectivity index (χ0v) is 18.9. The van der Waals surface area contributed by atoms with Gasteiger partial charge in [0.1, 0.15) is 0 Å². The number of nitrogens with one attached hydrogen (secondary N) is 1. The Labute approximate surface area is 194 Å². The van der Waals surface area contributed by atoms with Gasteiger partial charge in [0.25, 0.3) is 0 Å². The van der Waals surface area contributed by atoms with Crippen molar-refractivity contribution in [2.24, 2.45) is 17.3 Å². The molecule has 2 unspecified atom stereocenters. The van der Waals surface area contributed by atoms with Crippen molar-refractivity contribution in [3.8, 4) is 16.9 Å². The third-order valence-electron chi connectivity index (χ3n) is 8.02. The molecule has 4 bridgehead atoms. The van der Waals surface area contributed by atoms with E-state index < -0.39 is 5.60 Å². The SMILES string of the molecule is O=C(CC12CC3CC(CC(O)(C3)C1)C2)NCc1cn(-c2ccccc2)nc1-c1ccccc1. The molecule has 33 heavy (non-hydrogen) atoms. The second-order valence-electron chi connectivity index (χ2n) is 10.8. The molecule has 170 valence electrons. The van der Waals surface area contributed by atoms with Crippen LogP contribution in [-0.4, -0.2) is 26.4 Å². The second kappa shape index (κ2) is 7.84. The highest BCUT2D eigenvalue weighted by Gasteiger charge is 2.57. The van der Waals surface area contributed by atoms with Crippen LogP contribution >= 0.6 is 0 Å². The summed E-state index contributed by atoms with van der Waals surface area (Å²) in [5.74, 6) is 1.28. The number of rotatable bonds is 6. The molecule has 4 aliphatic rings. The van der Waals surface area contributed by atoms with Crippen LogP contribution in [0, 0.1) is 17.3 Å². The third kappa shape index (κ3) is 3.99. The molecule has 1 amide bonds. The fourth-order valence-corrected chi connectivity index (χ4v) is 7.30. The number of hydrogen-bond donors (Lipinski definition) is 2. The van der Waals surface area contributed by atoms with Crippen LogP contribution in [0.5, 0.6) is 0 Å². The highest BCUT2D eigenvalue weighted by Crippen LogP contribution is 2.62. The Balaban J connectivity index is 1.20. The lowest BCUT2D eigenvalue weighted by Crippen LogP contribution is -2.56. The average molecular weight is 442 g/mol. The zero-order chi connectivity index (χ0) is 22.5. The normalized spacial score (nSPS) is 29.8. The van der Waals surface area contributed by atoms with Gasteiger partial charge < -0.3 is 10.4 Å². The molecule has 2 N–H and O–H groups in total. The molecular weight excluding hydrogens is 410 g/mol. The van der Waals surface area contributed by atoms with E-state index in [0.29, 0.717) is 24.8 Å². The number of hydrogen-bond acceptors (Lipinski definition) is 3. The number of benzene rings is 2. The van der Waals surface area contributed by atoms with Gasteiger partial charge in [0.15, 0.2) is 0 Å². The zero-order valence-electron chi connectivity index (χ0n) is 18.9. The number of nitrogens with zero attached hydrogens (tertiary/aromatic N) is 2. The van der Waals surface area contributed by atoms with Crippen LogP contribution in [-0.2, 0) is 11.3 Å². The van der Waals surface area contributed by atoms with Crippen molar-refractivity contribution in [3.05, 3.63) is 72.4 Å². The first-order valence-electron chi connectivity index (χ1n) is 12.2. The molecule has 0 spiro atoms. The molecule has 2 atom stereocenters. The van der Waals surface area contributed by atoms with Crippen molar-refractivity contribution in [1.82, 2.24) is 15.1 Å². The summed E-state index contributed by atoms with van der Waals surface area (Å²) < 4.78 is 1.89. The maximum Gasteiger partial charge on any atom is 0.220 e. The minimum absolute atomic E-state index is 0.0145. The lowest BCUT2D eigenvalue weighted by molar-refractivity contribution is -0.169. The molecular formula is C28H31N3O2. The summed E-state index contributed by atoms with van der Waals surface area (Å²) in [6.07, 6.45) is 8.65. The van der Waals surface area contributed by atoms with Gasteiger partial charge in [-0.1, -0.05) is 48.5 Å². The molecule has 2 aromatic carbocycles. The fraction of sp³-hybridized carbons (Fsp3) is 0.429. The summed E-state index contributed by atoms with van der Waals surface area (Å²) in [5, 5.41) is 19.1. The van der Waals surface area contributed by atoms with Gasteiger partial charge in [-0.15, -0.1) is 0 Å². The smallest absolute Gasteiger partial charge is 0.220 e. The molecule has 0 radical (unpaired) electrons. The van der Waals surface area contributed by atoms with Gasteiger partial charge in [-0.2, -0.15) is 5.10 Å². The first kappa shape index (κ1) is 20.7. The summed E-state index contributed by atoms with van der Waals surface area (Å²) >= 11 is 0. The van der Waals surface area contributed by atoms with Gasteiger partial charge >= 0.3 is 0 Å². The summed E-state index contributed by atoms with van der Waals surface area (Å²) in [4.78, 5) is 13.1. The molecule has 4 fully saturated rings. The standard InChI is InChI=1S/C28H31N3O2/c32-25(16-27-12-20-11-21(13-27)15-28(33,14-20)19-27)29-17-23-18-31(24-9-5-2-6-10-24)30-26(23)22-7-3-1-4-8-22/h1-10,18,20-21,33H,11-17,19H2,(H,29,32). The number of amides is 1. The van der Waals surface area contributed by atoms with Crippen molar-refractivity contribution in [1.29, 1.82) is 0 Å². The third-order valence-corrected chi connectivity index (χ3v) is 8.02. The quantitative estimate of drug-likeness (QED) is 0.573. The van der Waals surface area contributed by atoms with Crippen LogP contribution in [0.15, 0.2) is 66.9 Å². The van der Waals surface area contributed by atoms with Crippen LogP contribution in [0.1, 0.15) is 50.5 Å². The minimum atomic E-state index is -0.526. The Kier molecular flexibility index (Phi) is 4.91. The Morgan fingerprint density at radius 1 is 1.00 bits per heavy atom. The predicted octanol–water partition coefficient (Wildman–Crippen LogP) is 4.88. The van der Waals surface area contributed by atoms with Crippen LogP contribution in [0.3, 0.4) is 0 Å². The highest BCUT2D eigenvalue weighted by molar-refractivity contribution is 5.77. The molecule has 0 saturated heterocycles. The summed E-state index contributed by atoms with van der Waals surface area (Å²) in [6, 6.07) is 20.2. The number of aliphatic hydroxyl groups is 1. The number of para-hydroxylation sites is 1. The Hall–Kier alpha value is -2.92. The van der Waals surface area contributed by atoms with Crippen molar-refractivity contribution < 1.29 is 9.90 Å². The molecule has 1 aromatic heterocycles. The van der Waals surface area contributed by atoms with Gasteiger partial charge in [0.2, 0.25) is 5.91 Å². The molecule has 5 heteroatoms. The predicted molar refractivity (Wildman–Crippen MR) is 128 cm³/mol. The van der Waals surface area contributed by atoms with Gasteiger partial charge in [0.05, 0.1) is 17.0 Å². The van der Waals surface area contributed by atoms with Crippen molar-refractivity contribution in [3.63, 3.8) is 0 Å². The molecule has 5 nitrogen and oxygen atoms in total. The fourth-order valence-electron chi connectivity index (χ4n) is 7.30. The summed E-state index contributed by atoms with van der Waals surface area (Å²) in [6.45, 7) is 0.448. The van der Waals surface area contributed by atoms with Gasteiger partial charge in [-0.25, -0.2) is 4.68 Å². The lowest BCUT2D eigenvalue weighted by Gasteiger charge is -2.60. The summed E-state index contributed by atoms with van der Waals surface area (Å²) in [7, 11) is 0. The van der Waals surface area contributed by atoms with E-state index in [1.807, 2.05) is 59.4 Å². The van der Waals surface area contributed by atoms with E-state index in [1.165, 1.54) is 6.42 Å². The largest absolute Gasteiger partial charge is 0.390 e. The van der Waals surface area contributed by atoms with E-state index in [9.17, 15) is 9.90 Å². The topological polar surface area (TPSA) is 67.2 Å². The van der Waals surface area contributed by atoms with E-state index in [1.54, 1.807) is 0 Å². The van der Waals surface area contributed by atoms with E-state index in [-0.39, 0.29) is 11.3 Å². The van der Waals surface area contributed by atoms with E-state index in [0.717, 1.165) is 54.6 Å². The van der Waals surface area contributed by atoms with Crippen molar-refractivity contribution in [2.75, 3.05) is 0 Å². The minimum Gasteiger partial charge on any atom is -0.390 e. The number of carbonyl (C=O) groups is 1. The van der Waals surface area contributed by atoms with Gasteiger partial charge in [-0.3, -0.25) is 4.79 Å². The van der Waals surface area contributed by atoms with E-state index in [4.69, 9.17) is 5.10 Å². The first-order chi connectivity index (χ1) is 16.0. The molecule has 4 saturated carbocycles. The van der Waals surface area contributed by atoms with Crippen LogP contribution in [0.4, 0.5) is 0 Å².